The van der Waals surface area contributed by atoms with Crippen molar-refractivity contribution in [1.82, 2.24) is 15.1 Å². The van der Waals surface area contributed by atoms with E-state index in [1.165, 1.54) is 0 Å². The normalized spacial score (nSPS) is 26.8. The Balaban J connectivity index is 1.65. The van der Waals surface area contributed by atoms with Crippen LogP contribution in [0.4, 0.5) is 0 Å². The first-order valence-corrected chi connectivity index (χ1v) is 9.42. The second-order valence-corrected chi connectivity index (χ2v) is 8.23. The monoisotopic (exact) mass is 353 g/mol. The van der Waals surface area contributed by atoms with Crippen LogP contribution < -0.4 is 0 Å². The van der Waals surface area contributed by atoms with Crippen molar-refractivity contribution in [2.75, 3.05) is 13.6 Å². The maximum absolute atomic E-state index is 11.1. The number of aliphatic hydroxyl groups excluding tert-OH is 1. The smallest absolute Gasteiger partial charge is 0.125 e. The summed E-state index contributed by atoms with van der Waals surface area (Å²) in [5.41, 5.74) is 3.80. The number of aryl methyl sites for hydroxylation is 2. The second-order valence-electron chi connectivity index (χ2n) is 8.23. The Bertz CT molecular complexity index is 828. The number of rotatable bonds is 3. The average molecular weight is 353 g/mol. The van der Waals surface area contributed by atoms with E-state index in [1.54, 1.807) is 6.07 Å². The quantitative estimate of drug-likeness (QED) is 0.885. The lowest BCUT2D eigenvalue weighted by molar-refractivity contribution is -0.0896. The first-order chi connectivity index (χ1) is 12.4. The Morgan fingerprint density at radius 3 is 2.50 bits per heavy atom. The third kappa shape index (κ3) is 2.79. The number of fused-ring (bicyclic) bond motifs is 3. The van der Waals surface area contributed by atoms with Gasteiger partial charge in [0.15, 0.2) is 0 Å². The number of phenols is 1. The molecule has 5 nitrogen and oxygen atoms in total. The van der Waals surface area contributed by atoms with Crippen LogP contribution in [0.1, 0.15) is 48.6 Å². The maximum Gasteiger partial charge on any atom is 0.125 e. The lowest BCUT2D eigenvalue weighted by atomic mass is 9.64. The van der Waals surface area contributed by atoms with Gasteiger partial charge in [0.05, 0.1) is 11.4 Å². The summed E-state index contributed by atoms with van der Waals surface area (Å²) in [7, 11) is 2.16. The van der Waals surface area contributed by atoms with Gasteiger partial charge in [-0.15, -0.1) is 5.10 Å². The standard InChI is InChI=1S/C21H27N3O2/c1-13-4-5-16(18(25)10-13)19-14(2)11-17(22-23-19)20(26)21-8-6-15(7-9-21)24(3)12-21/h4-5,10-11,15,20,25-26H,6-9,12H2,1-3H3. The molecule has 26 heavy (non-hydrogen) atoms. The van der Waals surface area contributed by atoms with Crippen molar-refractivity contribution >= 4 is 0 Å². The summed E-state index contributed by atoms with van der Waals surface area (Å²) in [6, 6.07) is 8.15. The number of nitrogens with zero attached hydrogens (tertiary/aromatic N) is 3. The summed E-state index contributed by atoms with van der Waals surface area (Å²) in [6.07, 6.45) is 3.79. The van der Waals surface area contributed by atoms with Crippen LogP contribution in [-0.2, 0) is 0 Å². The zero-order chi connectivity index (χ0) is 18.5. The number of piperidine rings is 2. The fourth-order valence-electron chi connectivity index (χ4n) is 4.82. The molecule has 2 bridgehead atoms. The number of hydrogen-bond acceptors (Lipinski definition) is 5. The van der Waals surface area contributed by atoms with Crippen LogP contribution in [0.5, 0.6) is 5.75 Å². The molecule has 138 valence electrons. The maximum atomic E-state index is 11.1. The fourth-order valence-corrected chi connectivity index (χ4v) is 4.82. The Labute approximate surface area is 154 Å². The molecule has 2 aliphatic heterocycles. The first-order valence-electron chi connectivity index (χ1n) is 9.42. The summed E-state index contributed by atoms with van der Waals surface area (Å²) in [4.78, 5) is 2.38. The van der Waals surface area contributed by atoms with E-state index in [-0.39, 0.29) is 11.2 Å². The zero-order valence-electron chi connectivity index (χ0n) is 15.7. The van der Waals surface area contributed by atoms with Crippen LogP contribution in [0.25, 0.3) is 11.3 Å². The lowest BCUT2D eigenvalue weighted by Gasteiger charge is -2.53. The van der Waals surface area contributed by atoms with Crippen LogP contribution in [0, 0.1) is 19.3 Å². The molecule has 0 amide bonds. The van der Waals surface area contributed by atoms with Crippen molar-refractivity contribution in [2.24, 2.45) is 5.41 Å². The predicted octanol–water partition coefficient (Wildman–Crippen LogP) is 3.37. The minimum atomic E-state index is -0.599. The van der Waals surface area contributed by atoms with E-state index in [0.29, 0.717) is 23.0 Å². The van der Waals surface area contributed by atoms with E-state index in [9.17, 15) is 10.2 Å². The number of hydrogen-bond donors (Lipinski definition) is 2. The molecule has 0 radical (unpaired) electrons. The SMILES string of the molecule is Cc1ccc(-c2nnc(C(O)C34CCC(CC3)N(C)C4)cc2C)c(O)c1. The van der Waals surface area contributed by atoms with Crippen molar-refractivity contribution < 1.29 is 10.2 Å². The van der Waals surface area contributed by atoms with Crippen molar-refractivity contribution in [3.63, 3.8) is 0 Å². The minimum Gasteiger partial charge on any atom is -0.507 e. The topological polar surface area (TPSA) is 69.5 Å². The molecule has 1 saturated carbocycles. The molecular formula is C21H27N3O2. The summed E-state index contributed by atoms with van der Waals surface area (Å²) >= 11 is 0. The molecule has 1 aliphatic carbocycles. The Morgan fingerprint density at radius 1 is 1.15 bits per heavy atom. The van der Waals surface area contributed by atoms with Gasteiger partial charge in [-0.05, 0) is 75.9 Å². The number of benzene rings is 1. The average Bonchev–Trinajstić information content (AvgIpc) is 2.62. The molecule has 1 atom stereocenters. The first kappa shape index (κ1) is 17.4. The molecule has 3 aliphatic rings. The van der Waals surface area contributed by atoms with E-state index in [4.69, 9.17) is 0 Å². The molecule has 1 aromatic heterocycles. The molecule has 0 spiro atoms. The van der Waals surface area contributed by atoms with Gasteiger partial charge < -0.3 is 15.1 Å². The fraction of sp³-hybridized carbons (Fsp3) is 0.524. The van der Waals surface area contributed by atoms with Crippen LogP contribution in [0.15, 0.2) is 24.3 Å². The molecule has 3 heterocycles. The Kier molecular flexibility index (Phi) is 4.24. The van der Waals surface area contributed by atoms with Gasteiger partial charge in [-0.3, -0.25) is 0 Å². The summed E-state index contributed by atoms with van der Waals surface area (Å²) in [6.45, 7) is 4.82. The highest BCUT2D eigenvalue weighted by Gasteiger charge is 2.48. The van der Waals surface area contributed by atoms with Crippen LogP contribution >= 0.6 is 0 Å². The van der Waals surface area contributed by atoms with Gasteiger partial charge in [-0.25, -0.2) is 0 Å². The van der Waals surface area contributed by atoms with E-state index in [0.717, 1.165) is 43.4 Å². The Morgan fingerprint density at radius 2 is 1.88 bits per heavy atom. The number of aliphatic hydroxyl groups is 1. The molecule has 2 aromatic rings. The van der Waals surface area contributed by atoms with E-state index >= 15 is 0 Å². The van der Waals surface area contributed by atoms with E-state index < -0.39 is 6.10 Å². The molecule has 5 heteroatoms. The largest absolute Gasteiger partial charge is 0.507 e. The van der Waals surface area contributed by atoms with Crippen molar-refractivity contribution in [3.8, 4) is 17.0 Å². The second kappa shape index (κ2) is 6.32. The van der Waals surface area contributed by atoms with Crippen LogP contribution in [0.3, 0.4) is 0 Å². The highest BCUT2D eigenvalue weighted by atomic mass is 16.3. The van der Waals surface area contributed by atoms with E-state index in [1.807, 2.05) is 32.0 Å². The number of phenolic OH excluding ortho intramolecular Hbond substituents is 1. The highest BCUT2D eigenvalue weighted by Crippen LogP contribution is 2.51. The zero-order valence-corrected chi connectivity index (χ0v) is 15.7. The van der Waals surface area contributed by atoms with Crippen LogP contribution in [0.2, 0.25) is 0 Å². The van der Waals surface area contributed by atoms with Crippen LogP contribution in [-0.4, -0.2) is 44.9 Å². The third-order valence-electron chi connectivity index (χ3n) is 6.41. The van der Waals surface area contributed by atoms with Gasteiger partial charge in [-0.2, -0.15) is 5.10 Å². The highest BCUT2D eigenvalue weighted by molar-refractivity contribution is 5.69. The van der Waals surface area contributed by atoms with Gasteiger partial charge in [0, 0.05) is 23.6 Å². The van der Waals surface area contributed by atoms with Crippen molar-refractivity contribution in [1.29, 1.82) is 0 Å². The minimum absolute atomic E-state index is 0.113. The number of aromatic hydroxyl groups is 1. The summed E-state index contributed by atoms with van der Waals surface area (Å²) < 4.78 is 0. The molecular weight excluding hydrogens is 326 g/mol. The number of aromatic nitrogens is 2. The molecule has 2 N–H and O–H groups in total. The third-order valence-corrected chi connectivity index (χ3v) is 6.41. The van der Waals surface area contributed by atoms with Gasteiger partial charge in [0.1, 0.15) is 11.9 Å². The lowest BCUT2D eigenvalue weighted by Crippen LogP contribution is -2.54. The molecule has 1 aromatic carbocycles. The molecule has 3 fully saturated rings. The predicted molar refractivity (Wildman–Crippen MR) is 101 cm³/mol. The van der Waals surface area contributed by atoms with Gasteiger partial charge in [0.25, 0.3) is 0 Å². The van der Waals surface area contributed by atoms with Crippen molar-refractivity contribution in [2.45, 2.75) is 51.7 Å². The van der Waals surface area contributed by atoms with E-state index in [2.05, 4.69) is 22.1 Å². The van der Waals surface area contributed by atoms with Gasteiger partial charge in [-0.1, -0.05) is 6.07 Å². The van der Waals surface area contributed by atoms with Gasteiger partial charge >= 0.3 is 0 Å². The molecule has 5 rings (SSSR count). The summed E-state index contributed by atoms with van der Waals surface area (Å²) in [5, 5.41) is 30.1. The van der Waals surface area contributed by atoms with Crippen molar-refractivity contribution in [3.05, 3.63) is 41.1 Å². The summed E-state index contributed by atoms with van der Waals surface area (Å²) in [5.74, 6) is 0.210. The van der Waals surface area contributed by atoms with Gasteiger partial charge in [0.2, 0.25) is 0 Å². The Hall–Kier alpha value is -1.98. The molecule has 2 saturated heterocycles. The molecule has 1 unspecified atom stereocenters.